The molecule has 0 unspecified atom stereocenters. The maximum absolute atomic E-state index is 13.0. The van der Waals surface area contributed by atoms with Crippen molar-refractivity contribution in [2.45, 2.75) is 19.3 Å². The van der Waals surface area contributed by atoms with Crippen LogP contribution in [0.3, 0.4) is 0 Å². The largest absolute Gasteiger partial charge is 0.465 e. The SMILES string of the molecule is COC(=O)c1c(NC(=O)COC(=O)c2cc(-c3cccs3)nc3ccccc23)sc2c1CCC2. The molecule has 0 saturated carbocycles. The predicted octanol–water partition coefficient (Wildman–Crippen LogP) is 5.10. The lowest BCUT2D eigenvalue weighted by Gasteiger charge is -2.10. The third-order valence-corrected chi connectivity index (χ3v) is 7.71. The molecule has 0 bridgehead atoms. The highest BCUT2D eigenvalue weighted by Gasteiger charge is 2.28. The Kier molecular flexibility index (Phi) is 6.12. The number of anilines is 1. The summed E-state index contributed by atoms with van der Waals surface area (Å²) in [6.07, 6.45) is 2.63. The van der Waals surface area contributed by atoms with E-state index in [2.05, 4.69) is 10.3 Å². The minimum atomic E-state index is -0.617. The number of carbonyl (C=O) groups is 3. The van der Waals surface area contributed by atoms with Gasteiger partial charge in [0.25, 0.3) is 5.91 Å². The third-order valence-electron chi connectivity index (χ3n) is 5.61. The molecule has 0 spiro atoms. The van der Waals surface area contributed by atoms with Gasteiger partial charge < -0.3 is 14.8 Å². The highest BCUT2D eigenvalue weighted by Crippen LogP contribution is 2.39. The van der Waals surface area contributed by atoms with Crippen molar-refractivity contribution in [2.24, 2.45) is 0 Å². The Morgan fingerprint density at radius 2 is 1.94 bits per heavy atom. The number of fused-ring (bicyclic) bond motifs is 2. The first-order chi connectivity index (χ1) is 16.5. The van der Waals surface area contributed by atoms with Gasteiger partial charge in [0.1, 0.15) is 5.00 Å². The van der Waals surface area contributed by atoms with Gasteiger partial charge in [-0.1, -0.05) is 24.3 Å². The lowest BCUT2D eigenvalue weighted by Crippen LogP contribution is -2.22. The summed E-state index contributed by atoms with van der Waals surface area (Å²) in [6.45, 7) is -0.479. The second-order valence-electron chi connectivity index (χ2n) is 7.73. The molecule has 0 aliphatic heterocycles. The van der Waals surface area contributed by atoms with Crippen molar-refractivity contribution in [2.75, 3.05) is 19.0 Å². The maximum Gasteiger partial charge on any atom is 0.341 e. The minimum absolute atomic E-state index is 0.340. The maximum atomic E-state index is 13.0. The van der Waals surface area contributed by atoms with Crippen molar-refractivity contribution < 1.29 is 23.9 Å². The molecular weight excluding hydrogens is 472 g/mol. The number of benzene rings is 1. The number of carbonyl (C=O) groups excluding carboxylic acids is 3. The molecule has 4 aromatic rings. The highest BCUT2D eigenvalue weighted by molar-refractivity contribution is 7.17. The van der Waals surface area contributed by atoms with Gasteiger partial charge in [-0.05, 0) is 48.4 Å². The molecule has 1 aliphatic rings. The molecule has 3 heterocycles. The second-order valence-corrected chi connectivity index (χ2v) is 9.78. The van der Waals surface area contributed by atoms with Crippen LogP contribution in [0, 0.1) is 0 Å². The summed E-state index contributed by atoms with van der Waals surface area (Å²) in [7, 11) is 1.32. The number of pyridine rings is 1. The van der Waals surface area contributed by atoms with E-state index in [0.717, 1.165) is 34.6 Å². The van der Waals surface area contributed by atoms with Crippen molar-refractivity contribution in [1.82, 2.24) is 4.98 Å². The van der Waals surface area contributed by atoms with Crippen LogP contribution >= 0.6 is 22.7 Å². The summed E-state index contributed by atoms with van der Waals surface area (Å²) in [4.78, 5) is 44.5. The summed E-state index contributed by atoms with van der Waals surface area (Å²) in [5.74, 6) is -1.61. The number of nitrogens with zero attached hydrogens (tertiary/aromatic N) is 1. The average Bonchev–Trinajstić information content (AvgIpc) is 3.59. The lowest BCUT2D eigenvalue weighted by atomic mass is 10.1. The van der Waals surface area contributed by atoms with E-state index in [4.69, 9.17) is 9.47 Å². The summed E-state index contributed by atoms with van der Waals surface area (Å²) in [6, 6.07) is 12.8. The quantitative estimate of drug-likeness (QED) is 0.377. The molecule has 0 atom stereocenters. The molecule has 1 amide bonds. The first kappa shape index (κ1) is 22.2. The number of aryl methyl sites for hydroxylation is 1. The van der Waals surface area contributed by atoms with E-state index in [0.29, 0.717) is 32.7 Å². The zero-order valence-electron chi connectivity index (χ0n) is 18.3. The topological polar surface area (TPSA) is 94.6 Å². The summed E-state index contributed by atoms with van der Waals surface area (Å²) >= 11 is 2.90. The number of amides is 1. The van der Waals surface area contributed by atoms with Crippen molar-refractivity contribution in [3.05, 3.63) is 69.4 Å². The van der Waals surface area contributed by atoms with Crippen molar-refractivity contribution in [1.29, 1.82) is 0 Å². The number of thiophene rings is 2. The molecule has 7 nitrogen and oxygen atoms in total. The summed E-state index contributed by atoms with van der Waals surface area (Å²) in [5.41, 5.74) is 3.02. The molecule has 3 aromatic heterocycles. The van der Waals surface area contributed by atoms with E-state index in [9.17, 15) is 14.4 Å². The molecule has 1 aromatic carbocycles. The number of aromatic nitrogens is 1. The van der Waals surface area contributed by atoms with Crippen molar-refractivity contribution in [3.8, 4) is 10.6 Å². The third kappa shape index (κ3) is 4.20. The van der Waals surface area contributed by atoms with Crippen LogP contribution in [0.1, 0.15) is 37.6 Å². The number of hydrogen-bond acceptors (Lipinski definition) is 8. The Hall–Kier alpha value is -3.56. The zero-order valence-corrected chi connectivity index (χ0v) is 19.9. The Morgan fingerprint density at radius 1 is 1.09 bits per heavy atom. The number of esters is 2. The average molecular weight is 493 g/mol. The summed E-state index contributed by atoms with van der Waals surface area (Å²) in [5, 5.41) is 5.75. The van der Waals surface area contributed by atoms with Crippen LogP contribution in [-0.2, 0) is 27.1 Å². The fraction of sp³-hybridized carbons (Fsp3) is 0.200. The lowest BCUT2D eigenvalue weighted by molar-refractivity contribution is -0.119. The van der Waals surface area contributed by atoms with Crippen LogP contribution in [0.2, 0.25) is 0 Å². The van der Waals surface area contributed by atoms with Gasteiger partial charge in [-0.3, -0.25) is 4.79 Å². The Bertz CT molecular complexity index is 1410. The van der Waals surface area contributed by atoms with E-state index in [1.165, 1.54) is 29.8 Å². The van der Waals surface area contributed by atoms with Gasteiger partial charge in [0.05, 0.1) is 34.3 Å². The van der Waals surface area contributed by atoms with Crippen LogP contribution < -0.4 is 5.32 Å². The van der Waals surface area contributed by atoms with Gasteiger partial charge in [-0.2, -0.15) is 0 Å². The number of rotatable bonds is 6. The number of para-hydroxylation sites is 1. The Morgan fingerprint density at radius 3 is 2.74 bits per heavy atom. The highest BCUT2D eigenvalue weighted by atomic mass is 32.1. The Labute approximate surface area is 203 Å². The van der Waals surface area contributed by atoms with E-state index in [-0.39, 0.29) is 0 Å². The van der Waals surface area contributed by atoms with Crippen molar-refractivity contribution in [3.63, 3.8) is 0 Å². The smallest absolute Gasteiger partial charge is 0.341 e. The monoisotopic (exact) mass is 492 g/mol. The van der Waals surface area contributed by atoms with E-state index >= 15 is 0 Å². The molecule has 34 heavy (non-hydrogen) atoms. The molecular formula is C25H20N2O5S2. The predicted molar refractivity (Wildman–Crippen MR) is 132 cm³/mol. The molecule has 0 radical (unpaired) electrons. The molecule has 5 rings (SSSR count). The van der Waals surface area contributed by atoms with Crippen LogP contribution in [-0.4, -0.2) is 36.5 Å². The first-order valence-electron chi connectivity index (χ1n) is 10.7. The number of nitrogens with one attached hydrogen (secondary N) is 1. The molecule has 1 N–H and O–H groups in total. The van der Waals surface area contributed by atoms with Crippen LogP contribution in [0.4, 0.5) is 5.00 Å². The Balaban J connectivity index is 1.34. The normalized spacial score (nSPS) is 12.4. The summed E-state index contributed by atoms with van der Waals surface area (Å²) < 4.78 is 10.3. The second kappa shape index (κ2) is 9.36. The number of methoxy groups -OCH3 is 1. The van der Waals surface area contributed by atoms with Gasteiger partial charge in [0, 0.05) is 10.3 Å². The minimum Gasteiger partial charge on any atom is -0.465 e. The van der Waals surface area contributed by atoms with Gasteiger partial charge in [-0.15, -0.1) is 22.7 Å². The fourth-order valence-electron chi connectivity index (χ4n) is 4.08. The molecule has 172 valence electrons. The van der Waals surface area contributed by atoms with Crippen LogP contribution in [0.5, 0.6) is 0 Å². The first-order valence-corrected chi connectivity index (χ1v) is 12.4. The number of ether oxygens (including phenoxy) is 2. The number of hydrogen-bond donors (Lipinski definition) is 1. The molecule has 0 saturated heterocycles. The van der Waals surface area contributed by atoms with E-state index < -0.39 is 24.5 Å². The van der Waals surface area contributed by atoms with E-state index in [1.807, 2.05) is 35.7 Å². The van der Waals surface area contributed by atoms with Gasteiger partial charge in [0.15, 0.2) is 6.61 Å². The zero-order chi connectivity index (χ0) is 23.7. The van der Waals surface area contributed by atoms with Crippen LogP contribution in [0.25, 0.3) is 21.5 Å². The van der Waals surface area contributed by atoms with Gasteiger partial charge in [0.2, 0.25) is 0 Å². The van der Waals surface area contributed by atoms with Gasteiger partial charge in [-0.25, -0.2) is 14.6 Å². The molecule has 0 fully saturated rings. The standard InChI is InChI=1S/C25H20N2O5S2/c1-31-25(30)22-15-7-4-9-19(15)34-23(22)27-21(28)13-32-24(29)16-12-18(20-10-5-11-33-20)26-17-8-3-2-6-14(16)17/h2-3,5-6,8,10-12H,4,7,9,13H2,1H3,(H,27,28). The molecule has 1 aliphatic carbocycles. The fourth-order valence-corrected chi connectivity index (χ4v) is 6.06. The van der Waals surface area contributed by atoms with Crippen LogP contribution in [0.15, 0.2) is 47.8 Å². The van der Waals surface area contributed by atoms with Crippen molar-refractivity contribution >= 4 is 56.4 Å². The molecule has 9 heteroatoms. The van der Waals surface area contributed by atoms with E-state index in [1.54, 1.807) is 12.1 Å². The van der Waals surface area contributed by atoms with Gasteiger partial charge >= 0.3 is 11.9 Å².